The molecule has 3 atom stereocenters. The fourth-order valence-corrected chi connectivity index (χ4v) is 3.22. The normalized spacial score (nSPS) is 25.8. The second kappa shape index (κ2) is 5.19. The maximum Gasteiger partial charge on any atom is 0.223 e. The minimum Gasteiger partial charge on any atom is -0.349 e. The SMILES string of the molecule is Cc1ccc(C(C)NC(=O)C2CCC(N)C2)s1. The molecule has 3 nitrogen and oxygen atoms in total. The van der Waals surface area contributed by atoms with Crippen LogP contribution in [-0.4, -0.2) is 11.9 Å². The minimum atomic E-state index is 0.109. The van der Waals surface area contributed by atoms with Crippen molar-refractivity contribution in [2.75, 3.05) is 0 Å². The van der Waals surface area contributed by atoms with Gasteiger partial charge in [0.1, 0.15) is 0 Å². The molecule has 1 amide bonds. The summed E-state index contributed by atoms with van der Waals surface area (Å²) in [5.41, 5.74) is 5.83. The van der Waals surface area contributed by atoms with Gasteiger partial charge in [0, 0.05) is 21.7 Å². The number of nitrogens with two attached hydrogens (primary N) is 1. The lowest BCUT2D eigenvalue weighted by atomic mass is 10.1. The predicted octanol–water partition coefficient (Wildman–Crippen LogP) is 2.36. The lowest BCUT2D eigenvalue weighted by molar-refractivity contribution is -0.125. The molecule has 3 unspecified atom stereocenters. The highest BCUT2D eigenvalue weighted by molar-refractivity contribution is 7.12. The first kappa shape index (κ1) is 12.6. The third-order valence-electron chi connectivity index (χ3n) is 3.39. The summed E-state index contributed by atoms with van der Waals surface area (Å²) >= 11 is 1.74. The van der Waals surface area contributed by atoms with Crippen molar-refractivity contribution in [1.82, 2.24) is 5.32 Å². The van der Waals surface area contributed by atoms with E-state index < -0.39 is 0 Å². The van der Waals surface area contributed by atoms with Crippen molar-refractivity contribution in [1.29, 1.82) is 0 Å². The van der Waals surface area contributed by atoms with E-state index in [2.05, 4.69) is 24.4 Å². The van der Waals surface area contributed by atoms with Gasteiger partial charge in [-0.3, -0.25) is 4.79 Å². The molecule has 1 aliphatic carbocycles. The molecule has 1 aromatic heterocycles. The summed E-state index contributed by atoms with van der Waals surface area (Å²) in [6, 6.07) is 4.50. The molecular formula is C13H20N2OS. The molecule has 1 heterocycles. The van der Waals surface area contributed by atoms with Crippen LogP contribution in [0, 0.1) is 12.8 Å². The first-order valence-corrected chi connectivity index (χ1v) is 7.00. The number of carbonyl (C=O) groups is 1. The molecule has 0 bridgehead atoms. The smallest absolute Gasteiger partial charge is 0.223 e. The van der Waals surface area contributed by atoms with Gasteiger partial charge in [0.25, 0.3) is 0 Å². The molecule has 1 aliphatic rings. The Kier molecular flexibility index (Phi) is 3.84. The van der Waals surface area contributed by atoms with E-state index in [1.54, 1.807) is 11.3 Å². The Balaban J connectivity index is 1.90. The first-order valence-electron chi connectivity index (χ1n) is 6.18. The average Bonchev–Trinajstić information content (AvgIpc) is 2.87. The number of nitrogens with one attached hydrogen (secondary N) is 1. The topological polar surface area (TPSA) is 55.1 Å². The Morgan fingerprint density at radius 2 is 2.29 bits per heavy atom. The zero-order chi connectivity index (χ0) is 12.4. The van der Waals surface area contributed by atoms with Crippen molar-refractivity contribution in [2.45, 2.75) is 45.2 Å². The van der Waals surface area contributed by atoms with Gasteiger partial charge in [0.15, 0.2) is 0 Å². The molecule has 0 aliphatic heterocycles. The molecule has 1 saturated carbocycles. The molecule has 3 N–H and O–H groups in total. The van der Waals surface area contributed by atoms with Crippen molar-refractivity contribution in [3.63, 3.8) is 0 Å². The van der Waals surface area contributed by atoms with E-state index in [9.17, 15) is 4.79 Å². The zero-order valence-corrected chi connectivity index (χ0v) is 11.2. The van der Waals surface area contributed by atoms with E-state index in [0.29, 0.717) is 0 Å². The van der Waals surface area contributed by atoms with Gasteiger partial charge in [0.2, 0.25) is 5.91 Å². The summed E-state index contributed by atoms with van der Waals surface area (Å²) in [7, 11) is 0. The maximum absolute atomic E-state index is 12.0. The molecule has 0 saturated heterocycles. The summed E-state index contributed by atoms with van der Waals surface area (Å²) < 4.78 is 0. The monoisotopic (exact) mass is 252 g/mol. The van der Waals surface area contributed by atoms with Gasteiger partial charge in [-0.1, -0.05) is 0 Å². The Hall–Kier alpha value is -0.870. The number of amides is 1. The van der Waals surface area contributed by atoms with Crippen LogP contribution >= 0.6 is 11.3 Å². The van der Waals surface area contributed by atoms with Crippen molar-refractivity contribution in [2.24, 2.45) is 11.7 Å². The molecule has 4 heteroatoms. The van der Waals surface area contributed by atoms with Gasteiger partial charge in [-0.05, 0) is 45.2 Å². The minimum absolute atomic E-state index is 0.109. The largest absolute Gasteiger partial charge is 0.349 e. The van der Waals surface area contributed by atoms with Gasteiger partial charge < -0.3 is 11.1 Å². The van der Waals surface area contributed by atoms with Gasteiger partial charge >= 0.3 is 0 Å². The summed E-state index contributed by atoms with van der Waals surface area (Å²) in [4.78, 5) is 14.5. The number of aryl methyl sites for hydroxylation is 1. The number of carbonyl (C=O) groups excluding carboxylic acids is 1. The second-order valence-electron chi connectivity index (χ2n) is 4.95. The van der Waals surface area contributed by atoms with Gasteiger partial charge in [-0.25, -0.2) is 0 Å². The highest BCUT2D eigenvalue weighted by atomic mass is 32.1. The zero-order valence-electron chi connectivity index (χ0n) is 10.4. The number of hydrogen-bond acceptors (Lipinski definition) is 3. The van der Waals surface area contributed by atoms with E-state index in [-0.39, 0.29) is 23.9 Å². The first-order chi connectivity index (χ1) is 8.06. The van der Waals surface area contributed by atoms with Crippen LogP contribution in [0.25, 0.3) is 0 Å². The number of hydrogen-bond donors (Lipinski definition) is 2. The third-order valence-corrected chi connectivity index (χ3v) is 4.57. The quantitative estimate of drug-likeness (QED) is 0.867. The summed E-state index contributed by atoms with van der Waals surface area (Å²) in [5, 5.41) is 3.09. The Morgan fingerprint density at radius 1 is 1.53 bits per heavy atom. The maximum atomic E-state index is 12.0. The van der Waals surface area contributed by atoms with Crippen molar-refractivity contribution in [3.05, 3.63) is 21.9 Å². The van der Waals surface area contributed by atoms with Crippen LogP contribution in [-0.2, 0) is 4.79 Å². The Bertz CT molecular complexity index is 402. The van der Waals surface area contributed by atoms with Crippen LogP contribution in [0.1, 0.15) is 42.0 Å². The highest BCUT2D eigenvalue weighted by Gasteiger charge is 2.28. The van der Waals surface area contributed by atoms with E-state index in [1.807, 2.05) is 6.92 Å². The average molecular weight is 252 g/mol. The number of rotatable bonds is 3. The van der Waals surface area contributed by atoms with E-state index in [4.69, 9.17) is 5.73 Å². The van der Waals surface area contributed by atoms with Crippen LogP contribution in [0.2, 0.25) is 0 Å². The van der Waals surface area contributed by atoms with E-state index >= 15 is 0 Å². The molecule has 0 radical (unpaired) electrons. The molecule has 0 spiro atoms. The van der Waals surface area contributed by atoms with Crippen molar-refractivity contribution in [3.8, 4) is 0 Å². The molecule has 17 heavy (non-hydrogen) atoms. The molecule has 1 fully saturated rings. The standard InChI is InChI=1S/C13H20N2OS/c1-8-3-6-12(17-8)9(2)15-13(16)10-4-5-11(14)7-10/h3,6,9-11H,4-5,7,14H2,1-2H3,(H,15,16). The lowest BCUT2D eigenvalue weighted by Crippen LogP contribution is -2.32. The highest BCUT2D eigenvalue weighted by Crippen LogP contribution is 2.26. The van der Waals surface area contributed by atoms with E-state index in [1.165, 1.54) is 9.75 Å². The van der Waals surface area contributed by atoms with Crippen LogP contribution in [0.4, 0.5) is 0 Å². The van der Waals surface area contributed by atoms with Gasteiger partial charge in [-0.2, -0.15) is 0 Å². The summed E-state index contributed by atoms with van der Waals surface area (Å²) in [6.45, 7) is 4.12. The van der Waals surface area contributed by atoms with Crippen LogP contribution in [0.15, 0.2) is 12.1 Å². The van der Waals surface area contributed by atoms with Crippen LogP contribution in [0.5, 0.6) is 0 Å². The predicted molar refractivity (Wildman–Crippen MR) is 70.9 cm³/mol. The second-order valence-corrected chi connectivity index (χ2v) is 6.27. The lowest BCUT2D eigenvalue weighted by Gasteiger charge is -2.16. The van der Waals surface area contributed by atoms with Crippen LogP contribution in [0.3, 0.4) is 0 Å². The van der Waals surface area contributed by atoms with Crippen LogP contribution < -0.4 is 11.1 Å². The number of thiophene rings is 1. The fraction of sp³-hybridized carbons (Fsp3) is 0.615. The fourth-order valence-electron chi connectivity index (χ4n) is 2.34. The Labute approximate surface area is 106 Å². The third kappa shape index (κ3) is 3.07. The van der Waals surface area contributed by atoms with Crippen molar-refractivity contribution < 1.29 is 4.79 Å². The molecular weight excluding hydrogens is 232 g/mol. The van der Waals surface area contributed by atoms with E-state index in [0.717, 1.165) is 19.3 Å². The summed E-state index contributed by atoms with van der Waals surface area (Å²) in [5.74, 6) is 0.282. The van der Waals surface area contributed by atoms with Gasteiger partial charge in [-0.15, -0.1) is 11.3 Å². The molecule has 94 valence electrons. The van der Waals surface area contributed by atoms with Crippen molar-refractivity contribution >= 4 is 17.2 Å². The molecule has 1 aromatic rings. The van der Waals surface area contributed by atoms with Gasteiger partial charge in [0.05, 0.1) is 6.04 Å². The molecule has 2 rings (SSSR count). The molecule has 0 aromatic carbocycles. The Morgan fingerprint density at radius 3 is 2.82 bits per heavy atom. The summed E-state index contributed by atoms with van der Waals surface area (Å²) in [6.07, 6.45) is 2.75.